The van der Waals surface area contributed by atoms with Crippen LogP contribution in [0.2, 0.25) is 0 Å². The van der Waals surface area contributed by atoms with Gasteiger partial charge >= 0.3 is 17.9 Å². The van der Waals surface area contributed by atoms with Crippen molar-refractivity contribution < 1.29 is 28.6 Å². The summed E-state index contributed by atoms with van der Waals surface area (Å²) in [5, 5.41) is 0. The van der Waals surface area contributed by atoms with Crippen molar-refractivity contribution >= 4 is 17.9 Å². The Kier molecular flexibility index (Phi) is 66.6. The summed E-state index contributed by atoms with van der Waals surface area (Å²) >= 11 is 0. The van der Waals surface area contributed by atoms with Crippen LogP contribution < -0.4 is 0 Å². The maximum Gasteiger partial charge on any atom is 0.306 e. The second-order valence-electron chi connectivity index (χ2n) is 24.5. The van der Waals surface area contributed by atoms with Crippen molar-refractivity contribution in [2.45, 2.75) is 412 Å². The minimum atomic E-state index is -0.773. The van der Waals surface area contributed by atoms with E-state index in [4.69, 9.17) is 14.2 Å². The lowest BCUT2D eigenvalue weighted by Gasteiger charge is -2.18. The topological polar surface area (TPSA) is 78.9 Å². The standard InChI is InChI=1S/C73H138O6/c1-4-7-10-13-16-19-22-25-27-29-31-32-33-34-35-36-37-38-39-40-41-43-44-46-48-51-54-57-60-63-66-72(75)78-69-70(68-77-71(74)65-62-59-56-53-50-24-21-18-15-12-9-6-3)79-73(76)67-64-61-58-55-52-49-47-45-42-30-28-26-23-20-17-14-11-8-5-2/h18,21,26,28,70H,4-17,19-20,22-25,27,29-69H2,1-3H3/b21-18-,28-26-. The van der Waals surface area contributed by atoms with Gasteiger partial charge in [-0.25, -0.2) is 0 Å². The van der Waals surface area contributed by atoms with E-state index in [1.165, 1.54) is 302 Å². The van der Waals surface area contributed by atoms with Crippen molar-refractivity contribution in [3.8, 4) is 0 Å². The molecule has 1 unspecified atom stereocenters. The number of hydrogen-bond donors (Lipinski definition) is 0. The fraction of sp³-hybridized carbons (Fsp3) is 0.904. The van der Waals surface area contributed by atoms with Gasteiger partial charge in [0, 0.05) is 19.3 Å². The van der Waals surface area contributed by atoms with Gasteiger partial charge in [0.15, 0.2) is 6.10 Å². The van der Waals surface area contributed by atoms with Gasteiger partial charge in [0.25, 0.3) is 0 Å². The van der Waals surface area contributed by atoms with Gasteiger partial charge in [0.05, 0.1) is 0 Å². The predicted octanol–water partition coefficient (Wildman–Crippen LogP) is 24.6. The molecule has 0 aromatic heterocycles. The Morgan fingerprint density at radius 2 is 0.418 bits per heavy atom. The van der Waals surface area contributed by atoms with Gasteiger partial charge in [-0.05, 0) is 70.6 Å². The average Bonchev–Trinajstić information content (AvgIpc) is 3.45. The van der Waals surface area contributed by atoms with E-state index in [-0.39, 0.29) is 31.1 Å². The Balaban J connectivity index is 4.13. The second-order valence-corrected chi connectivity index (χ2v) is 24.5. The molecule has 0 aliphatic carbocycles. The summed E-state index contributed by atoms with van der Waals surface area (Å²) in [6.07, 6.45) is 83.7. The molecule has 6 nitrogen and oxygen atoms in total. The van der Waals surface area contributed by atoms with Crippen LogP contribution >= 0.6 is 0 Å². The van der Waals surface area contributed by atoms with E-state index < -0.39 is 6.10 Å². The second kappa shape index (κ2) is 68.4. The molecule has 6 heteroatoms. The molecule has 0 N–H and O–H groups in total. The van der Waals surface area contributed by atoms with Crippen molar-refractivity contribution in [1.29, 1.82) is 0 Å². The summed E-state index contributed by atoms with van der Waals surface area (Å²) in [4.78, 5) is 38.4. The van der Waals surface area contributed by atoms with E-state index in [2.05, 4.69) is 45.1 Å². The highest BCUT2D eigenvalue weighted by Crippen LogP contribution is 2.19. The van der Waals surface area contributed by atoms with E-state index in [1.54, 1.807) is 0 Å². The molecule has 0 aliphatic heterocycles. The number of rotatable bonds is 67. The van der Waals surface area contributed by atoms with Crippen molar-refractivity contribution in [2.75, 3.05) is 13.2 Å². The third-order valence-electron chi connectivity index (χ3n) is 16.4. The van der Waals surface area contributed by atoms with Crippen LogP contribution in [-0.2, 0) is 28.6 Å². The van der Waals surface area contributed by atoms with Gasteiger partial charge in [-0.15, -0.1) is 0 Å². The smallest absolute Gasteiger partial charge is 0.306 e. The molecule has 0 amide bonds. The van der Waals surface area contributed by atoms with Gasteiger partial charge in [0.2, 0.25) is 0 Å². The molecule has 0 fully saturated rings. The Morgan fingerprint density at radius 1 is 0.241 bits per heavy atom. The van der Waals surface area contributed by atoms with E-state index in [0.29, 0.717) is 19.3 Å². The first-order valence-electron chi connectivity index (χ1n) is 35.8. The largest absolute Gasteiger partial charge is 0.462 e. The van der Waals surface area contributed by atoms with Crippen LogP contribution in [-0.4, -0.2) is 37.2 Å². The van der Waals surface area contributed by atoms with E-state index >= 15 is 0 Å². The molecule has 0 spiro atoms. The monoisotopic (exact) mass is 1110 g/mol. The number of unbranched alkanes of at least 4 members (excludes halogenated alkanes) is 52. The van der Waals surface area contributed by atoms with Crippen molar-refractivity contribution in [2.24, 2.45) is 0 Å². The lowest BCUT2D eigenvalue weighted by molar-refractivity contribution is -0.167. The van der Waals surface area contributed by atoms with Gasteiger partial charge in [-0.2, -0.15) is 0 Å². The molecule has 0 aromatic carbocycles. The van der Waals surface area contributed by atoms with Crippen LogP contribution in [0.15, 0.2) is 24.3 Å². The summed E-state index contributed by atoms with van der Waals surface area (Å²) in [5.41, 5.74) is 0. The van der Waals surface area contributed by atoms with E-state index in [1.807, 2.05) is 0 Å². The Bertz CT molecular complexity index is 1270. The third kappa shape index (κ3) is 66.6. The predicted molar refractivity (Wildman–Crippen MR) is 344 cm³/mol. The molecule has 0 bridgehead atoms. The number of ether oxygens (including phenoxy) is 3. The zero-order valence-corrected chi connectivity index (χ0v) is 53.7. The number of carbonyl (C=O) groups is 3. The molecule has 466 valence electrons. The number of hydrogen-bond acceptors (Lipinski definition) is 6. The Labute approximate surface area is 493 Å². The number of carbonyl (C=O) groups excluding carboxylic acids is 3. The third-order valence-corrected chi connectivity index (χ3v) is 16.4. The zero-order valence-electron chi connectivity index (χ0n) is 53.7. The highest BCUT2D eigenvalue weighted by Gasteiger charge is 2.19. The molecule has 1 atom stereocenters. The molecule has 0 saturated heterocycles. The first-order chi connectivity index (χ1) is 39.0. The molecule has 0 aromatic rings. The van der Waals surface area contributed by atoms with Crippen LogP contribution in [0.25, 0.3) is 0 Å². The van der Waals surface area contributed by atoms with Crippen molar-refractivity contribution in [3.05, 3.63) is 24.3 Å². The number of allylic oxidation sites excluding steroid dienone is 4. The highest BCUT2D eigenvalue weighted by molar-refractivity contribution is 5.71. The normalized spacial score (nSPS) is 12.1. The molecule has 0 radical (unpaired) electrons. The molecule has 79 heavy (non-hydrogen) atoms. The fourth-order valence-corrected chi connectivity index (χ4v) is 11.0. The Morgan fingerprint density at radius 3 is 0.658 bits per heavy atom. The van der Waals surface area contributed by atoms with E-state index in [9.17, 15) is 14.4 Å². The molecule has 0 aliphatic rings. The molecule has 0 saturated carbocycles. The van der Waals surface area contributed by atoms with Crippen LogP contribution in [0.4, 0.5) is 0 Å². The summed E-state index contributed by atoms with van der Waals surface area (Å²) in [7, 11) is 0. The maximum atomic E-state index is 12.9. The Hall–Kier alpha value is -2.11. The lowest BCUT2D eigenvalue weighted by atomic mass is 10.0. The van der Waals surface area contributed by atoms with Crippen LogP contribution in [0.1, 0.15) is 406 Å². The fourth-order valence-electron chi connectivity index (χ4n) is 11.0. The first-order valence-corrected chi connectivity index (χ1v) is 35.8. The molecule has 0 heterocycles. The van der Waals surface area contributed by atoms with Crippen LogP contribution in [0.5, 0.6) is 0 Å². The minimum Gasteiger partial charge on any atom is -0.462 e. The van der Waals surface area contributed by atoms with Gasteiger partial charge in [0.1, 0.15) is 13.2 Å². The lowest BCUT2D eigenvalue weighted by Crippen LogP contribution is -2.30. The number of esters is 3. The SMILES string of the molecule is CCCCC/C=C\CCCCCCCC(=O)OCC(COC(=O)CCCCCCCCCCCCCCCCCCCCCCCCCCCCCCCC)OC(=O)CCCCCCCCCCC/C=C\CCCCCCCC. The summed E-state index contributed by atoms with van der Waals surface area (Å²) in [6, 6.07) is 0. The minimum absolute atomic E-state index is 0.0695. The van der Waals surface area contributed by atoms with Crippen molar-refractivity contribution in [1.82, 2.24) is 0 Å². The van der Waals surface area contributed by atoms with Gasteiger partial charge < -0.3 is 14.2 Å². The van der Waals surface area contributed by atoms with Gasteiger partial charge in [-0.1, -0.05) is 340 Å². The summed E-state index contributed by atoms with van der Waals surface area (Å²) in [6.45, 7) is 6.68. The molecular formula is C73H138O6. The summed E-state index contributed by atoms with van der Waals surface area (Å²) in [5.74, 6) is -0.852. The summed E-state index contributed by atoms with van der Waals surface area (Å²) < 4.78 is 17.0. The average molecular weight is 1110 g/mol. The van der Waals surface area contributed by atoms with Gasteiger partial charge in [-0.3, -0.25) is 14.4 Å². The maximum absolute atomic E-state index is 12.9. The van der Waals surface area contributed by atoms with Crippen molar-refractivity contribution in [3.63, 3.8) is 0 Å². The zero-order chi connectivity index (χ0) is 57.1. The highest BCUT2D eigenvalue weighted by atomic mass is 16.6. The van der Waals surface area contributed by atoms with E-state index in [0.717, 1.165) is 64.2 Å². The molecule has 0 rings (SSSR count). The van der Waals surface area contributed by atoms with Crippen LogP contribution in [0.3, 0.4) is 0 Å². The quantitative estimate of drug-likeness (QED) is 0.0261. The van der Waals surface area contributed by atoms with Crippen LogP contribution in [0, 0.1) is 0 Å². The first kappa shape index (κ1) is 76.9. The molecular weight excluding hydrogens is 973 g/mol.